The zero-order valence-corrected chi connectivity index (χ0v) is 19.3. The molecular formula is C24H25NO7S. The Hall–Kier alpha value is -3.04. The lowest BCUT2D eigenvalue weighted by Crippen LogP contribution is -2.41. The van der Waals surface area contributed by atoms with Crippen LogP contribution in [-0.4, -0.2) is 44.2 Å². The van der Waals surface area contributed by atoms with Gasteiger partial charge in [-0.15, -0.1) is 0 Å². The number of fused-ring (bicyclic) bond motifs is 3. The molecule has 0 radical (unpaired) electrons. The molecule has 8 nitrogen and oxygen atoms in total. The summed E-state index contributed by atoms with van der Waals surface area (Å²) in [6.45, 7) is 4.78. The summed E-state index contributed by atoms with van der Waals surface area (Å²) in [7, 11) is -3.02. The summed E-state index contributed by atoms with van der Waals surface area (Å²) >= 11 is 0. The molecule has 2 aliphatic rings. The zero-order chi connectivity index (χ0) is 23.2. The third-order valence-corrected chi connectivity index (χ3v) is 7.83. The molecule has 2 aromatic carbocycles. The molecule has 3 aromatic rings. The molecule has 2 aliphatic heterocycles. The van der Waals surface area contributed by atoms with Gasteiger partial charge in [0.1, 0.15) is 23.8 Å². The van der Waals surface area contributed by atoms with E-state index >= 15 is 0 Å². The van der Waals surface area contributed by atoms with Gasteiger partial charge in [0.25, 0.3) is 0 Å². The molecule has 5 rings (SSSR count). The number of nitrogens with zero attached hydrogens (tertiary/aromatic N) is 1. The molecule has 0 aliphatic carbocycles. The second kappa shape index (κ2) is 8.39. The van der Waals surface area contributed by atoms with Crippen LogP contribution in [0.4, 0.5) is 0 Å². The molecule has 3 heterocycles. The maximum atomic E-state index is 13.4. The number of para-hydroxylation sites is 2. The van der Waals surface area contributed by atoms with Gasteiger partial charge in [0.2, 0.25) is 11.2 Å². The van der Waals surface area contributed by atoms with Gasteiger partial charge in [-0.2, -0.15) is 0 Å². The molecule has 1 saturated heterocycles. The Balaban J connectivity index is 1.52. The van der Waals surface area contributed by atoms with Gasteiger partial charge in [0.05, 0.1) is 29.1 Å². The van der Waals surface area contributed by atoms with Crippen LogP contribution in [0.1, 0.15) is 24.7 Å². The van der Waals surface area contributed by atoms with Gasteiger partial charge >= 0.3 is 0 Å². The van der Waals surface area contributed by atoms with E-state index in [4.69, 9.17) is 18.6 Å². The standard InChI is InChI=1S/C24H25NO7S/c1-3-29-20-6-4-5-7-21(20)32-23-15(2)31-24-17(22(23)26)8-9-19-18(24)12-25(14-30-19)16-10-11-33(27,28)13-16/h4-9,16H,3,10-14H2,1-2H3. The molecule has 33 heavy (non-hydrogen) atoms. The fourth-order valence-corrected chi connectivity index (χ4v) is 6.17. The number of ether oxygens (including phenoxy) is 3. The number of rotatable bonds is 5. The second-order valence-electron chi connectivity index (χ2n) is 8.29. The fraction of sp³-hybridized carbons (Fsp3) is 0.375. The largest absolute Gasteiger partial charge is 0.490 e. The minimum absolute atomic E-state index is 0.102. The van der Waals surface area contributed by atoms with Gasteiger partial charge in [-0.05, 0) is 44.5 Å². The number of benzene rings is 2. The number of hydrogen-bond acceptors (Lipinski definition) is 8. The van der Waals surface area contributed by atoms with Crippen LogP contribution in [0, 0.1) is 6.92 Å². The van der Waals surface area contributed by atoms with Crippen LogP contribution in [-0.2, 0) is 16.4 Å². The molecule has 0 saturated carbocycles. The van der Waals surface area contributed by atoms with Crippen molar-refractivity contribution in [3.05, 3.63) is 57.9 Å². The minimum atomic E-state index is -3.02. The SMILES string of the molecule is CCOc1ccccc1Oc1c(C)oc2c3c(ccc2c1=O)OCN(C1CCS(=O)(=O)C1)C3. The quantitative estimate of drug-likeness (QED) is 0.557. The van der Waals surface area contributed by atoms with E-state index in [0.717, 1.165) is 5.56 Å². The van der Waals surface area contributed by atoms with Crippen molar-refractivity contribution in [1.82, 2.24) is 4.90 Å². The Kier molecular flexibility index (Phi) is 5.54. The van der Waals surface area contributed by atoms with E-state index in [1.165, 1.54) is 0 Å². The molecule has 1 atom stereocenters. The summed E-state index contributed by atoms with van der Waals surface area (Å²) in [4.78, 5) is 15.4. The van der Waals surface area contributed by atoms with Crippen LogP contribution in [0.25, 0.3) is 11.0 Å². The molecule has 1 unspecified atom stereocenters. The van der Waals surface area contributed by atoms with E-state index in [1.54, 1.807) is 37.3 Å². The topological polar surface area (TPSA) is 95.3 Å². The van der Waals surface area contributed by atoms with Crippen molar-refractivity contribution in [3.63, 3.8) is 0 Å². The van der Waals surface area contributed by atoms with Gasteiger partial charge < -0.3 is 18.6 Å². The Labute approximate surface area is 191 Å². The van der Waals surface area contributed by atoms with Gasteiger partial charge in [-0.1, -0.05) is 12.1 Å². The summed E-state index contributed by atoms with van der Waals surface area (Å²) in [6, 6.07) is 10.5. The Bertz CT molecular complexity index is 1380. The first kappa shape index (κ1) is 21.8. The average molecular weight is 472 g/mol. The van der Waals surface area contributed by atoms with E-state index in [1.807, 2.05) is 17.9 Å². The van der Waals surface area contributed by atoms with Gasteiger partial charge in [-0.25, -0.2) is 8.42 Å². The van der Waals surface area contributed by atoms with Gasteiger partial charge in [0, 0.05) is 12.6 Å². The highest BCUT2D eigenvalue weighted by molar-refractivity contribution is 7.91. The monoisotopic (exact) mass is 471 g/mol. The van der Waals surface area contributed by atoms with Crippen LogP contribution in [0.3, 0.4) is 0 Å². The first-order valence-electron chi connectivity index (χ1n) is 10.9. The van der Waals surface area contributed by atoms with Gasteiger partial charge in [-0.3, -0.25) is 9.69 Å². The van der Waals surface area contributed by atoms with Crippen molar-refractivity contribution in [1.29, 1.82) is 0 Å². The molecule has 1 fully saturated rings. The Morgan fingerprint density at radius 1 is 1.15 bits per heavy atom. The highest BCUT2D eigenvalue weighted by Gasteiger charge is 2.35. The first-order chi connectivity index (χ1) is 15.9. The lowest BCUT2D eigenvalue weighted by molar-refractivity contribution is 0.0648. The number of hydrogen-bond donors (Lipinski definition) is 0. The van der Waals surface area contributed by atoms with Crippen molar-refractivity contribution in [3.8, 4) is 23.0 Å². The predicted octanol–water partition coefficient (Wildman–Crippen LogP) is 3.63. The van der Waals surface area contributed by atoms with Crippen molar-refractivity contribution < 1.29 is 27.0 Å². The molecule has 0 amide bonds. The smallest absolute Gasteiger partial charge is 0.235 e. The van der Waals surface area contributed by atoms with Crippen molar-refractivity contribution >= 4 is 20.8 Å². The lowest BCUT2D eigenvalue weighted by atomic mass is 10.1. The maximum Gasteiger partial charge on any atom is 0.235 e. The fourth-order valence-electron chi connectivity index (χ4n) is 4.41. The Morgan fingerprint density at radius 3 is 2.67 bits per heavy atom. The van der Waals surface area contributed by atoms with E-state index in [0.29, 0.717) is 60.3 Å². The first-order valence-corrected chi connectivity index (χ1v) is 12.7. The van der Waals surface area contributed by atoms with Crippen molar-refractivity contribution in [2.45, 2.75) is 32.9 Å². The maximum absolute atomic E-state index is 13.4. The molecule has 0 bridgehead atoms. The summed E-state index contributed by atoms with van der Waals surface area (Å²) < 4.78 is 47.4. The normalized spacial score (nSPS) is 19.8. The average Bonchev–Trinajstić information content (AvgIpc) is 3.17. The lowest BCUT2D eigenvalue weighted by Gasteiger charge is -2.33. The molecule has 1 aromatic heterocycles. The molecule has 9 heteroatoms. The summed E-state index contributed by atoms with van der Waals surface area (Å²) in [5.41, 5.74) is 0.888. The predicted molar refractivity (Wildman–Crippen MR) is 123 cm³/mol. The number of sulfone groups is 1. The van der Waals surface area contributed by atoms with E-state index in [2.05, 4.69) is 0 Å². The third kappa shape index (κ3) is 4.06. The summed E-state index contributed by atoms with van der Waals surface area (Å²) in [6.07, 6.45) is 0.575. The zero-order valence-electron chi connectivity index (χ0n) is 18.5. The highest BCUT2D eigenvalue weighted by Crippen LogP contribution is 2.37. The van der Waals surface area contributed by atoms with Crippen molar-refractivity contribution in [2.24, 2.45) is 0 Å². The second-order valence-corrected chi connectivity index (χ2v) is 10.5. The summed E-state index contributed by atoms with van der Waals surface area (Å²) in [5, 5.41) is 0.382. The minimum Gasteiger partial charge on any atom is -0.490 e. The molecular weight excluding hydrogens is 446 g/mol. The van der Waals surface area contributed by atoms with Crippen LogP contribution >= 0.6 is 0 Å². The highest BCUT2D eigenvalue weighted by atomic mass is 32.2. The van der Waals surface area contributed by atoms with E-state index in [-0.39, 0.29) is 28.7 Å². The van der Waals surface area contributed by atoms with E-state index in [9.17, 15) is 13.2 Å². The van der Waals surface area contributed by atoms with Crippen LogP contribution in [0.15, 0.2) is 45.6 Å². The van der Waals surface area contributed by atoms with Crippen molar-refractivity contribution in [2.75, 3.05) is 24.8 Å². The third-order valence-electron chi connectivity index (χ3n) is 6.08. The molecule has 0 N–H and O–H groups in total. The van der Waals surface area contributed by atoms with Crippen LogP contribution in [0.2, 0.25) is 0 Å². The van der Waals surface area contributed by atoms with Gasteiger partial charge in [0.15, 0.2) is 21.3 Å². The van der Waals surface area contributed by atoms with Crippen LogP contribution < -0.4 is 19.6 Å². The van der Waals surface area contributed by atoms with E-state index < -0.39 is 9.84 Å². The summed E-state index contributed by atoms with van der Waals surface area (Å²) in [5.74, 6) is 2.37. The molecule has 0 spiro atoms. The molecule has 174 valence electrons. The van der Waals surface area contributed by atoms with Crippen LogP contribution in [0.5, 0.6) is 23.0 Å². The number of aryl methyl sites for hydroxylation is 1. The Morgan fingerprint density at radius 2 is 1.94 bits per heavy atom.